The Morgan fingerprint density at radius 1 is 1.00 bits per heavy atom. The van der Waals surface area contributed by atoms with Gasteiger partial charge in [0.1, 0.15) is 0 Å². The minimum absolute atomic E-state index is 0.554. The number of nitrogens with one attached hydrogen (secondary N) is 1. The molecule has 2 aromatic rings. The molecule has 0 unspecified atom stereocenters. The molecule has 3 nitrogen and oxygen atoms in total. The quantitative estimate of drug-likeness (QED) is 0.719. The second-order valence-corrected chi connectivity index (χ2v) is 4.81. The molecule has 0 fully saturated rings. The lowest BCUT2D eigenvalue weighted by Gasteiger charge is -2.14. The van der Waals surface area contributed by atoms with Gasteiger partial charge in [-0.25, -0.2) is 0 Å². The highest BCUT2D eigenvalue weighted by atomic mass is 35.5. The van der Waals surface area contributed by atoms with Gasteiger partial charge in [0.15, 0.2) is 0 Å². The SMILES string of the molecule is Cc1cc(Cl)c(N)c(Nc2ccc(N)cc2C)c1. The second-order valence-electron chi connectivity index (χ2n) is 4.41. The normalized spacial score (nSPS) is 10.4. The molecule has 0 aliphatic heterocycles. The van der Waals surface area contributed by atoms with E-state index in [0.717, 1.165) is 28.2 Å². The Balaban J connectivity index is 2.40. The van der Waals surface area contributed by atoms with Crippen molar-refractivity contribution in [3.63, 3.8) is 0 Å². The van der Waals surface area contributed by atoms with Crippen LogP contribution < -0.4 is 16.8 Å². The summed E-state index contributed by atoms with van der Waals surface area (Å²) in [6, 6.07) is 9.51. The minimum Gasteiger partial charge on any atom is -0.399 e. The molecule has 0 atom stereocenters. The average molecular weight is 262 g/mol. The van der Waals surface area contributed by atoms with Crippen molar-refractivity contribution in [2.24, 2.45) is 0 Å². The van der Waals surface area contributed by atoms with Crippen LogP contribution in [-0.4, -0.2) is 0 Å². The number of nitrogen functional groups attached to an aromatic ring is 2. The van der Waals surface area contributed by atoms with Gasteiger partial charge in [0.2, 0.25) is 0 Å². The molecule has 0 bridgehead atoms. The molecule has 0 saturated heterocycles. The van der Waals surface area contributed by atoms with Gasteiger partial charge >= 0.3 is 0 Å². The maximum absolute atomic E-state index is 6.07. The van der Waals surface area contributed by atoms with Crippen LogP contribution in [0, 0.1) is 13.8 Å². The van der Waals surface area contributed by atoms with E-state index in [0.29, 0.717) is 10.7 Å². The zero-order valence-corrected chi connectivity index (χ0v) is 11.2. The Hall–Kier alpha value is -1.87. The highest BCUT2D eigenvalue weighted by molar-refractivity contribution is 6.33. The molecule has 18 heavy (non-hydrogen) atoms. The third-order valence-corrected chi connectivity index (χ3v) is 3.11. The maximum atomic E-state index is 6.07. The lowest BCUT2D eigenvalue weighted by Crippen LogP contribution is -1.99. The molecule has 0 radical (unpaired) electrons. The fourth-order valence-electron chi connectivity index (χ4n) is 1.83. The van der Waals surface area contributed by atoms with Crippen LogP contribution in [-0.2, 0) is 0 Å². The van der Waals surface area contributed by atoms with Gasteiger partial charge in [-0.05, 0) is 55.3 Å². The standard InChI is InChI=1S/C14H16ClN3/c1-8-5-11(15)14(17)13(6-8)18-12-4-3-10(16)7-9(12)2/h3-7,18H,16-17H2,1-2H3. The molecule has 2 rings (SSSR count). The summed E-state index contributed by atoms with van der Waals surface area (Å²) in [5.41, 5.74) is 16.9. The Kier molecular flexibility index (Phi) is 3.34. The van der Waals surface area contributed by atoms with E-state index >= 15 is 0 Å². The molecule has 0 aliphatic carbocycles. The summed E-state index contributed by atoms with van der Waals surface area (Å²) in [7, 11) is 0. The molecule has 4 heteroatoms. The van der Waals surface area contributed by atoms with Crippen LogP contribution in [0.4, 0.5) is 22.7 Å². The van der Waals surface area contributed by atoms with Gasteiger partial charge in [-0.3, -0.25) is 0 Å². The zero-order valence-electron chi connectivity index (χ0n) is 10.4. The van der Waals surface area contributed by atoms with E-state index in [1.54, 1.807) is 0 Å². The molecule has 0 saturated carbocycles. The Bertz CT molecular complexity index is 594. The van der Waals surface area contributed by atoms with E-state index in [4.69, 9.17) is 23.1 Å². The first-order chi connectivity index (χ1) is 8.47. The van der Waals surface area contributed by atoms with Gasteiger partial charge in [-0.1, -0.05) is 11.6 Å². The zero-order chi connectivity index (χ0) is 13.3. The van der Waals surface area contributed by atoms with Gasteiger partial charge in [0, 0.05) is 11.4 Å². The number of hydrogen-bond donors (Lipinski definition) is 3. The van der Waals surface area contributed by atoms with Crippen molar-refractivity contribution in [2.45, 2.75) is 13.8 Å². The summed E-state index contributed by atoms with van der Waals surface area (Å²) < 4.78 is 0. The van der Waals surface area contributed by atoms with Gasteiger partial charge in [-0.15, -0.1) is 0 Å². The third kappa shape index (κ3) is 2.51. The van der Waals surface area contributed by atoms with Crippen LogP contribution in [0.5, 0.6) is 0 Å². The van der Waals surface area contributed by atoms with Crippen molar-refractivity contribution in [1.29, 1.82) is 0 Å². The topological polar surface area (TPSA) is 64.1 Å². The van der Waals surface area contributed by atoms with Crippen LogP contribution in [0.15, 0.2) is 30.3 Å². The molecule has 5 N–H and O–H groups in total. The fourth-order valence-corrected chi connectivity index (χ4v) is 2.10. The van der Waals surface area contributed by atoms with E-state index in [1.165, 1.54) is 0 Å². The summed E-state index contributed by atoms with van der Waals surface area (Å²) >= 11 is 6.07. The first kappa shape index (κ1) is 12.6. The molecular formula is C14H16ClN3. The summed E-state index contributed by atoms with van der Waals surface area (Å²) in [6.07, 6.45) is 0. The lowest BCUT2D eigenvalue weighted by molar-refractivity contribution is 1.41. The van der Waals surface area contributed by atoms with Gasteiger partial charge < -0.3 is 16.8 Å². The molecule has 0 aliphatic rings. The van der Waals surface area contributed by atoms with Gasteiger partial charge in [0.05, 0.1) is 16.4 Å². The smallest absolute Gasteiger partial charge is 0.0742 e. The Labute approximate surface area is 112 Å². The van der Waals surface area contributed by atoms with Crippen molar-refractivity contribution < 1.29 is 0 Å². The largest absolute Gasteiger partial charge is 0.399 e. The Morgan fingerprint density at radius 2 is 1.72 bits per heavy atom. The molecule has 2 aromatic carbocycles. The highest BCUT2D eigenvalue weighted by Gasteiger charge is 2.06. The maximum Gasteiger partial charge on any atom is 0.0742 e. The summed E-state index contributed by atoms with van der Waals surface area (Å²) in [5.74, 6) is 0. The van der Waals surface area contributed by atoms with E-state index in [1.807, 2.05) is 44.2 Å². The van der Waals surface area contributed by atoms with Crippen LogP contribution >= 0.6 is 11.6 Å². The van der Waals surface area contributed by atoms with E-state index < -0.39 is 0 Å². The first-order valence-electron chi connectivity index (χ1n) is 5.66. The van der Waals surface area contributed by atoms with Crippen molar-refractivity contribution in [2.75, 3.05) is 16.8 Å². The molecular weight excluding hydrogens is 246 g/mol. The van der Waals surface area contributed by atoms with E-state index in [-0.39, 0.29) is 0 Å². The van der Waals surface area contributed by atoms with Gasteiger partial charge in [-0.2, -0.15) is 0 Å². The first-order valence-corrected chi connectivity index (χ1v) is 6.04. The van der Waals surface area contributed by atoms with E-state index in [9.17, 15) is 0 Å². The summed E-state index contributed by atoms with van der Waals surface area (Å²) in [5, 5.41) is 3.85. The van der Waals surface area contributed by atoms with E-state index in [2.05, 4.69) is 5.32 Å². The number of aryl methyl sites for hydroxylation is 2. The number of halogens is 1. The number of rotatable bonds is 2. The molecule has 0 aromatic heterocycles. The molecule has 0 amide bonds. The fraction of sp³-hybridized carbons (Fsp3) is 0.143. The molecule has 0 heterocycles. The van der Waals surface area contributed by atoms with Crippen LogP contribution in [0.1, 0.15) is 11.1 Å². The number of benzene rings is 2. The van der Waals surface area contributed by atoms with Crippen LogP contribution in [0.2, 0.25) is 5.02 Å². The highest BCUT2D eigenvalue weighted by Crippen LogP contribution is 2.32. The van der Waals surface area contributed by atoms with Gasteiger partial charge in [0.25, 0.3) is 0 Å². The van der Waals surface area contributed by atoms with Crippen LogP contribution in [0.3, 0.4) is 0 Å². The lowest BCUT2D eigenvalue weighted by atomic mass is 10.1. The third-order valence-electron chi connectivity index (χ3n) is 2.79. The van der Waals surface area contributed by atoms with Crippen molar-refractivity contribution in [3.8, 4) is 0 Å². The number of nitrogens with two attached hydrogens (primary N) is 2. The van der Waals surface area contributed by atoms with Crippen molar-refractivity contribution >= 4 is 34.4 Å². The average Bonchev–Trinajstić information content (AvgIpc) is 2.29. The monoisotopic (exact) mass is 261 g/mol. The van der Waals surface area contributed by atoms with Crippen molar-refractivity contribution in [1.82, 2.24) is 0 Å². The van der Waals surface area contributed by atoms with Crippen molar-refractivity contribution in [3.05, 3.63) is 46.5 Å². The minimum atomic E-state index is 0.554. The summed E-state index contributed by atoms with van der Waals surface area (Å²) in [4.78, 5) is 0. The Morgan fingerprint density at radius 3 is 2.39 bits per heavy atom. The number of anilines is 4. The van der Waals surface area contributed by atoms with Crippen LogP contribution in [0.25, 0.3) is 0 Å². The predicted octanol–water partition coefficient (Wildman–Crippen LogP) is 3.86. The second kappa shape index (κ2) is 4.78. The number of hydrogen-bond acceptors (Lipinski definition) is 3. The molecule has 0 spiro atoms. The summed E-state index contributed by atoms with van der Waals surface area (Å²) in [6.45, 7) is 3.97. The molecule has 94 valence electrons. The predicted molar refractivity (Wildman–Crippen MR) is 79.5 cm³/mol.